The molecular formula is C16H18F3N5O2. The molecule has 0 bridgehead atoms. The van der Waals surface area contributed by atoms with Crippen molar-refractivity contribution in [3.63, 3.8) is 0 Å². The number of amides is 1. The lowest BCUT2D eigenvalue weighted by Crippen LogP contribution is -2.41. The fourth-order valence-electron chi connectivity index (χ4n) is 3.01. The van der Waals surface area contributed by atoms with Gasteiger partial charge < -0.3 is 9.32 Å². The number of carbonyl (C=O) groups is 1. The van der Waals surface area contributed by atoms with Crippen LogP contribution in [0, 0.1) is 5.92 Å². The van der Waals surface area contributed by atoms with Gasteiger partial charge in [0.05, 0.1) is 6.20 Å². The summed E-state index contributed by atoms with van der Waals surface area (Å²) < 4.78 is 42.7. The van der Waals surface area contributed by atoms with Gasteiger partial charge in [0.15, 0.2) is 0 Å². The molecule has 26 heavy (non-hydrogen) atoms. The van der Waals surface area contributed by atoms with Crippen molar-refractivity contribution in [2.45, 2.75) is 38.3 Å². The highest BCUT2D eigenvalue weighted by molar-refractivity contribution is 5.76. The van der Waals surface area contributed by atoms with Crippen molar-refractivity contribution >= 4 is 5.91 Å². The Morgan fingerprint density at radius 2 is 2.15 bits per heavy atom. The molecule has 0 aliphatic carbocycles. The van der Waals surface area contributed by atoms with Crippen LogP contribution in [0.3, 0.4) is 0 Å². The zero-order chi connectivity index (χ0) is 18.6. The van der Waals surface area contributed by atoms with Crippen LogP contribution in [0.15, 0.2) is 23.0 Å². The van der Waals surface area contributed by atoms with Gasteiger partial charge in [-0.1, -0.05) is 0 Å². The van der Waals surface area contributed by atoms with Gasteiger partial charge >= 0.3 is 6.18 Å². The molecule has 7 nitrogen and oxygen atoms in total. The molecule has 0 radical (unpaired) electrons. The molecule has 10 heteroatoms. The minimum absolute atomic E-state index is 0.118. The number of carbonyl (C=O) groups excluding carboxylic acids is 1. The SMILES string of the molecule is O=C(CC(F)(F)F)N1CCCC(CCc2nnc(-c3cnccn3)o2)C1. The van der Waals surface area contributed by atoms with Crippen molar-refractivity contribution in [2.75, 3.05) is 13.1 Å². The molecule has 2 aromatic rings. The first-order valence-electron chi connectivity index (χ1n) is 8.34. The molecule has 0 aromatic carbocycles. The molecular weight excluding hydrogens is 351 g/mol. The highest BCUT2D eigenvalue weighted by atomic mass is 19.4. The molecule has 1 amide bonds. The van der Waals surface area contributed by atoms with E-state index in [9.17, 15) is 18.0 Å². The third-order valence-electron chi connectivity index (χ3n) is 4.24. The number of piperidine rings is 1. The average Bonchev–Trinajstić information content (AvgIpc) is 3.09. The summed E-state index contributed by atoms with van der Waals surface area (Å²) in [5.41, 5.74) is 0.479. The van der Waals surface area contributed by atoms with Crippen LogP contribution in [0.25, 0.3) is 11.6 Å². The van der Waals surface area contributed by atoms with Crippen LogP contribution >= 0.6 is 0 Å². The Morgan fingerprint density at radius 1 is 1.31 bits per heavy atom. The van der Waals surface area contributed by atoms with Crippen molar-refractivity contribution in [1.82, 2.24) is 25.1 Å². The molecule has 3 heterocycles. The van der Waals surface area contributed by atoms with Gasteiger partial charge in [-0.2, -0.15) is 13.2 Å². The van der Waals surface area contributed by atoms with Crippen molar-refractivity contribution in [3.05, 3.63) is 24.5 Å². The summed E-state index contributed by atoms with van der Waals surface area (Å²) in [6, 6.07) is 0. The molecule has 1 saturated heterocycles. The second kappa shape index (κ2) is 7.79. The Morgan fingerprint density at radius 3 is 2.88 bits per heavy atom. The summed E-state index contributed by atoms with van der Waals surface area (Å²) in [5, 5.41) is 7.89. The van der Waals surface area contributed by atoms with E-state index < -0.39 is 18.5 Å². The summed E-state index contributed by atoms with van der Waals surface area (Å²) in [6.45, 7) is 0.711. The minimum atomic E-state index is -4.47. The lowest BCUT2D eigenvalue weighted by Gasteiger charge is -2.33. The van der Waals surface area contributed by atoms with E-state index >= 15 is 0 Å². The maximum atomic E-state index is 12.4. The van der Waals surface area contributed by atoms with Crippen molar-refractivity contribution in [2.24, 2.45) is 5.92 Å². The fourth-order valence-corrected chi connectivity index (χ4v) is 3.01. The third-order valence-corrected chi connectivity index (χ3v) is 4.24. The maximum absolute atomic E-state index is 12.4. The van der Waals surface area contributed by atoms with Crippen LogP contribution in [-0.2, 0) is 11.2 Å². The van der Waals surface area contributed by atoms with E-state index in [2.05, 4.69) is 20.2 Å². The van der Waals surface area contributed by atoms with Gasteiger partial charge in [-0.25, -0.2) is 4.98 Å². The van der Waals surface area contributed by atoms with Crippen molar-refractivity contribution in [3.8, 4) is 11.6 Å². The molecule has 1 fully saturated rings. The quantitative estimate of drug-likeness (QED) is 0.806. The molecule has 1 atom stereocenters. The Labute approximate surface area is 147 Å². The third kappa shape index (κ3) is 4.99. The topological polar surface area (TPSA) is 85.0 Å². The molecule has 3 rings (SSSR count). The Kier molecular flexibility index (Phi) is 5.48. The molecule has 2 aromatic heterocycles. The van der Waals surface area contributed by atoms with Gasteiger partial charge in [-0.15, -0.1) is 10.2 Å². The number of aryl methyl sites for hydroxylation is 1. The van der Waals surface area contributed by atoms with Crippen LogP contribution in [0.4, 0.5) is 13.2 Å². The minimum Gasteiger partial charge on any atom is -0.419 e. The predicted molar refractivity (Wildman–Crippen MR) is 83.6 cm³/mol. The number of hydrogen-bond acceptors (Lipinski definition) is 6. The average molecular weight is 369 g/mol. The lowest BCUT2D eigenvalue weighted by molar-refractivity contribution is -0.162. The smallest absolute Gasteiger partial charge is 0.397 e. The standard InChI is InChI=1S/C16H18F3N5O2/c17-16(18,19)8-14(25)24-7-1-2-11(10-24)3-4-13-22-23-15(26-13)12-9-20-5-6-21-12/h5-6,9,11H,1-4,7-8,10H2. The first-order chi connectivity index (χ1) is 12.4. The molecule has 140 valence electrons. The number of aromatic nitrogens is 4. The number of likely N-dealkylation sites (tertiary alicyclic amines) is 1. The van der Waals surface area contributed by atoms with Crippen LogP contribution in [0.2, 0.25) is 0 Å². The summed E-state index contributed by atoms with van der Waals surface area (Å²) in [4.78, 5) is 21.1. The summed E-state index contributed by atoms with van der Waals surface area (Å²) in [7, 11) is 0. The fraction of sp³-hybridized carbons (Fsp3) is 0.562. The Bertz CT molecular complexity index is 735. The first-order valence-corrected chi connectivity index (χ1v) is 8.34. The number of alkyl halides is 3. The van der Waals surface area contributed by atoms with E-state index in [1.54, 1.807) is 0 Å². The van der Waals surface area contributed by atoms with Crippen LogP contribution < -0.4 is 0 Å². The molecule has 1 unspecified atom stereocenters. The van der Waals surface area contributed by atoms with Crippen molar-refractivity contribution in [1.29, 1.82) is 0 Å². The summed E-state index contributed by atoms with van der Waals surface area (Å²) >= 11 is 0. The number of halogens is 3. The van der Waals surface area contributed by atoms with Gasteiger partial charge in [0.1, 0.15) is 12.1 Å². The van der Waals surface area contributed by atoms with Gasteiger partial charge in [-0.05, 0) is 25.2 Å². The monoisotopic (exact) mass is 369 g/mol. The zero-order valence-electron chi connectivity index (χ0n) is 13.9. The normalized spacial score (nSPS) is 18.1. The van der Waals surface area contributed by atoms with Gasteiger partial charge in [-0.3, -0.25) is 9.78 Å². The largest absolute Gasteiger partial charge is 0.419 e. The summed E-state index contributed by atoms with van der Waals surface area (Å²) in [6.07, 6.45) is 1.43. The van der Waals surface area contributed by atoms with E-state index in [1.807, 2.05) is 0 Å². The summed E-state index contributed by atoms with van der Waals surface area (Å²) in [5.74, 6) is -0.0270. The van der Waals surface area contributed by atoms with E-state index in [-0.39, 0.29) is 11.8 Å². The predicted octanol–water partition coefficient (Wildman–Crippen LogP) is 2.65. The van der Waals surface area contributed by atoms with Gasteiger partial charge in [0, 0.05) is 31.9 Å². The van der Waals surface area contributed by atoms with Gasteiger partial charge in [0.2, 0.25) is 11.8 Å². The lowest BCUT2D eigenvalue weighted by atomic mass is 9.93. The van der Waals surface area contributed by atoms with Gasteiger partial charge in [0.25, 0.3) is 5.89 Å². The zero-order valence-corrected chi connectivity index (χ0v) is 13.9. The molecule has 1 aliphatic heterocycles. The second-order valence-corrected chi connectivity index (χ2v) is 6.27. The number of rotatable bonds is 5. The van der Waals surface area contributed by atoms with E-state index in [0.717, 1.165) is 6.42 Å². The molecule has 0 spiro atoms. The Hall–Kier alpha value is -2.52. The van der Waals surface area contributed by atoms with Crippen LogP contribution in [-0.4, -0.2) is 50.2 Å². The second-order valence-electron chi connectivity index (χ2n) is 6.27. The Balaban J connectivity index is 1.52. The van der Waals surface area contributed by atoms with Crippen molar-refractivity contribution < 1.29 is 22.4 Å². The van der Waals surface area contributed by atoms with E-state index in [4.69, 9.17) is 4.42 Å². The number of hydrogen-bond donors (Lipinski definition) is 0. The number of nitrogens with zero attached hydrogens (tertiary/aromatic N) is 5. The highest BCUT2D eigenvalue weighted by Crippen LogP contribution is 2.26. The molecule has 1 aliphatic rings. The van der Waals surface area contributed by atoms with Crippen LogP contribution in [0.5, 0.6) is 0 Å². The maximum Gasteiger partial charge on any atom is 0.397 e. The highest BCUT2D eigenvalue weighted by Gasteiger charge is 2.35. The van der Waals surface area contributed by atoms with E-state index in [1.165, 1.54) is 23.5 Å². The molecule has 0 saturated carbocycles. The molecule has 0 N–H and O–H groups in total. The first kappa shape index (κ1) is 18.3. The van der Waals surface area contributed by atoms with E-state index in [0.29, 0.717) is 43.9 Å². The van der Waals surface area contributed by atoms with Crippen LogP contribution in [0.1, 0.15) is 31.6 Å².